The maximum Gasteiger partial charge on any atom is 0.238 e. The summed E-state index contributed by atoms with van der Waals surface area (Å²) in [6.07, 6.45) is 0. The van der Waals surface area contributed by atoms with Crippen molar-refractivity contribution in [2.75, 3.05) is 5.75 Å². The van der Waals surface area contributed by atoms with Crippen molar-refractivity contribution in [1.29, 1.82) is 0 Å². The van der Waals surface area contributed by atoms with E-state index in [1.54, 1.807) is 29.8 Å². The fourth-order valence-electron chi connectivity index (χ4n) is 3.11. The number of aromatic nitrogens is 2. The van der Waals surface area contributed by atoms with Gasteiger partial charge in [0.2, 0.25) is 15.9 Å². The molecule has 10 heteroatoms. The molecule has 0 saturated heterocycles. The molecule has 3 N–H and O–H groups in total. The molecular weight excluding hydrogens is 427 g/mol. The molecule has 160 valence electrons. The quantitative estimate of drug-likeness (QED) is 0.538. The van der Waals surface area contributed by atoms with Gasteiger partial charge >= 0.3 is 0 Å². The van der Waals surface area contributed by atoms with Gasteiger partial charge in [-0.3, -0.25) is 4.79 Å². The zero-order valence-electron chi connectivity index (χ0n) is 16.8. The Kier molecular flexibility index (Phi) is 6.49. The SMILES string of the molecule is CC(C)C(NC(=O)CSc1nc2cc(S(N)(=O)=O)ccc2n1C)c1ccc(F)cc1. The highest BCUT2D eigenvalue weighted by molar-refractivity contribution is 7.99. The number of rotatable bonds is 7. The molecule has 1 aromatic heterocycles. The fraction of sp³-hybridized carbons (Fsp3) is 0.300. The molecule has 30 heavy (non-hydrogen) atoms. The van der Waals surface area contributed by atoms with Crippen LogP contribution < -0.4 is 10.5 Å². The minimum atomic E-state index is -3.82. The number of thioether (sulfide) groups is 1. The van der Waals surface area contributed by atoms with Gasteiger partial charge in [0, 0.05) is 7.05 Å². The number of halogens is 1. The highest BCUT2D eigenvalue weighted by Crippen LogP contribution is 2.26. The van der Waals surface area contributed by atoms with Gasteiger partial charge in [-0.2, -0.15) is 0 Å². The lowest BCUT2D eigenvalue weighted by Crippen LogP contribution is -2.33. The van der Waals surface area contributed by atoms with E-state index in [0.717, 1.165) is 11.1 Å². The molecule has 1 unspecified atom stereocenters. The van der Waals surface area contributed by atoms with Crippen molar-refractivity contribution in [3.63, 3.8) is 0 Å². The molecule has 0 radical (unpaired) electrons. The Bertz CT molecular complexity index is 1170. The van der Waals surface area contributed by atoms with Crippen LogP contribution in [-0.4, -0.2) is 29.6 Å². The molecule has 0 bridgehead atoms. The van der Waals surface area contributed by atoms with Gasteiger partial charge in [-0.25, -0.2) is 22.9 Å². The average Bonchev–Trinajstić information content (AvgIpc) is 2.99. The van der Waals surface area contributed by atoms with E-state index < -0.39 is 10.0 Å². The Labute approximate surface area is 178 Å². The molecule has 0 aliphatic heterocycles. The number of sulfonamides is 1. The van der Waals surface area contributed by atoms with E-state index in [4.69, 9.17) is 5.14 Å². The van der Waals surface area contributed by atoms with Crippen LogP contribution in [0.3, 0.4) is 0 Å². The molecule has 1 amide bonds. The Morgan fingerprint density at radius 1 is 1.23 bits per heavy atom. The van der Waals surface area contributed by atoms with Crippen LogP contribution in [0, 0.1) is 11.7 Å². The molecule has 0 fully saturated rings. The number of aryl methyl sites for hydroxylation is 1. The number of imidazole rings is 1. The Hall–Kier alpha value is -2.43. The van der Waals surface area contributed by atoms with Crippen LogP contribution in [0.4, 0.5) is 4.39 Å². The zero-order chi connectivity index (χ0) is 22.1. The van der Waals surface area contributed by atoms with Crippen molar-refractivity contribution in [3.05, 3.63) is 53.8 Å². The van der Waals surface area contributed by atoms with Gasteiger partial charge in [-0.05, 0) is 41.8 Å². The van der Waals surface area contributed by atoms with E-state index >= 15 is 0 Å². The second-order valence-corrected chi connectivity index (χ2v) is 9.78. The Morgan fingerprint density at radius 3 is 2.50 bits per heavy atom. The topological polar surface area (TPSA) is 107 Å². The van der Waals surface area contributed by atoms with Crippen molar-refractivity contribution < 1.29 is 17.6 Å². The third kappa shape index (κ3) is 5.00. The number of carbonyl (C=O) groups excluding carboxylic acids is 1. The van der Waals surface area contributed by atoms with Crippen LogP contribution in [0.25, 0.3) is 11.0 Å². The summed E-state index contributed by atoms with van der Waals surface area (Å²) >= 11 is 1.24. The van der Waals surface area contributed by atoms with Crippen molar-refractivity contribution in [2.45, 2.75) is 29.9 Å². The molecule has 0 spiro atoms. The summed E-state index contributed by atoms with van der Waals surface area (Å²) in [5.74, 6) is -0.253. The van der Waals surface area contributed by atoms with Crippen molar-refractivity contribution in [2.24, 2.45) is 18.1 Å². The van der Waals surface area contributed by atoms with Crippen molar-refractivity contribution >= 4 is 38.7 Å². The Morgan fingerprint density at radius 2 is 1.90 bits per heavy atom. The van der Waals surface area contributed by atoms with Gasteiger partial charge in [0.15, 0.2) is 5.16 Å². The second-order valence-electron chi connectivity index (χ2n) is 7.28. The minimum Gasteiger partial charge on any atom is -0.348 e. The lowest BCUT2D eigenvalue weighted by atomic mass is 9.96. The van der Waals surface area contributed by atoms with Crippen LogP contribution in [0.5, 0.6) is 0 Å². The summed E-state index contributed by atoms with van der Waals surface area (Å²) in [5, 5.41) is 8.74. The van der Waals surface area contributed by atoms with Crippen LogP contribution in [0.1, 0.15) is 25.5 Å². The highest BCUT2D eigenvalue weighted by atomic mass is 32.2. The van der Waals surface area contributed by atoms with Gasteiger partial charge in [-0.15, -0.1) is 0 Å². The number of nitrogens with one attached hydrogen (secondary N) is 1. The molecule has 0 aliphatic carbocycles. The molecular formula is C20H23FN4O3S2. The first-order chi connectivity index (χ1) is 14.1. The smallest absolute Gasteiger partial charge is 0.238 e. The molecule has 0 aliphatic rings. The minimum absolute atomic E-state index is 0.0125. The number of nitrogens with zero attached hydrogens (tertiary/aromatic N) is 2. The molecule has 7 nitrogen and oxygen atoms in total. The average molecular weight is 451 g/mol. The molecule has 3 rings (SSSR count). The first-order valence-electron chi connectivity index (χ1n) is 9.23. The fourth-order valence-corrected chi connectivity index (χ4v) is 4.45. The van der Waals surface area contributed by atoms with E-state index in [9.17, 15) is 17.6 Å². The van der Waals surface area contributed by atoms with E-state index in [1.165, 1.54) is 36.0 Å². The zero-order valence-corrected chi connectivity index (χ0v) is 18.4. The largest absolute Gasteiger partial charge is 0.348 e. The summed E-state index contributed by atoms with van der Waals surface area (Å²) in [6.45, 7) is 3.96. The summed E-state index contributed by atoms with van der Waals surface area (Å²) < 4.78 is 38.1. The van der Waals surface area contributed by atoms with E-state index in [0.29, 0.717) is 10.7 Å². The number of hydrogen-bond acceptors (Lipinski definition) is 5. The van der Waals surface area contributed by atoms with Crippen LogP contribution >= 0.6 is 11.8 Å². The van der Waals surface area contributed by atoms with Gasteiger partial charge in [0.05, 0.1) is 27.7 Å². The summed E-state index contributed by atoms with van der Waals surface area (Å²) in [4.78, 5) is 17.0. The van der Waals surface area contributed by atoms with E-state index in [2.05, 4.69) is 10.3 Å². The number of carbonyl (C=O) groups is 1. The maximum atomic E-state index is 13.2. The molecule has 3 aromatic rings. The molecule has 1 atom stereocenters. The van der Waals surface area contributed by atoms with Gasteiger partial charge in [-0.1, -0.05) is 37.7 Å². The molecule has 0 saturated carbocycles. The van der Waals surface area contributed by atoms with Crippen molar-refractivity contribution in [1.82, 2.24) is 14.9 Å². The summed E-state index contributed by atoms with van der Waals surface area (Å²) in [5.41, 5.74) is 2.05. The van der Waals surface area contributed by atoms with Crippen LogP contribution in [0.15, 0.2) is 52.5 Å². The summed E-state index contributed by atoms with van der Waals surface area (Å²) in [7, 11) is -2.02. The first kappa shape index (κ1) is 22.3. The third-order valence-corrected chi connectivity index (χ3v) is 6.63. The van der Waals surface area contributed by atoms with Gasteiger partial charge < -0.3 is 9.88 Å². The highest BCUT2D eigenvalue weighted by Gasteiger charge is 2.20. The van der Waals surface area contributed by atoms with E-state index in [1.807, 2.05) is 13.8 Å². The lowest BCUT2D eigenvalue weighted by molar-refractivity contribution is -0.119. The number of nitrogens with two attached hydrogens (primary N) is 1. The number of primary sulfonamides is 1. The Balaban J connectivity index is 1.72. The van der Waals surface area contributed by atoms with Gasteiger partial charge in [0.1, 0.15) is 5.82 Å². The monoisotopic (exact) mass is 450 g/mol. The summed E-state index contributed by atoms with van der Waals surface area (Å²) in [6, 6.07) is 10.3. The predicted molar refractivity (Wildman–Crippen MR) is 115 cm³/mol. The van der Waals surface area contributed by atoms with Crippen LogP contribution in [-0.2, 0) is 21.9 Å². The number of benzene rings is 2. The van der Waals surface area contributed by atoms with Crippen LogP contribution in [0.2, 0.25) is 0 Å². The molecule has 1 heterocycles. The lowest BCUT2D eigenvalue weighted by Gasteiger charge is -2.23. The standard InChI is InChI=1S/C20H23FN4O3S2/c1-12(2)19(13-4-6-14(21)7-5-13)24-18(26)11-29-20-23-16-10-15(30(22,27)28)8-9-17(16)25(20)3/h4-10,12,19H,11H2,1-3H3,(H,24,26)(H2,22,27,28). The van der Waals surface area contributed by atoms with Gasteiger partial charge in [0.25, 0.3) is 0 Å². The second kappa shape index (κ2) is 8.75. The predicted octanol–water partition coefficient (Wildman–Crippen LogP) is 2.97. The third-order valence-electron chi connectivity index (χ3n) is 4.68. The normalized spacial score (nSPS) is 13.0. The van der Waals surface area contributed by atoms with E-state index in [-0.39, 0.29) is 34.3 Å². The maximum absolute atomic E-state index is 13.2. The molecule has 2 aromatic carbocycles. The first-order valence-corrected chi connectivity index (χ1v) is 11.8. The number of fused-ring (bicyclic) bond motifs is 1. The number of amides is 1. The van der Waals surface area contributed by atoms with Crippen molar-refractivity contribution in [3.8, 4) is 0 Å². The number of hydrogen-bond donors (Lipinski definition) is 2.